The second-order valence-corrected chi connectivity index (χ2v) is 12.9. The van der Waals surface area contributed by atoms with E-state index in [0.29, 0.717) is 5.75 Å². The monoisotopic (exact) mass is 691 g/mol. The van der Waals surface area contributed by atoms with Gasteiger partial charge in [0.05, 0.1) is 19.6 Å². The summed E-state index contributed by atoms with van der Waals surface area (Å²) in [5, 5.41) is -0.382. The summed E-state index contributed by atoms with van der Waals surface area (Å²) in [7, 11) is 1.57. The molecule has 0 aliphatic carbocycles. The molecule has 1 saturated heterocycles. The van der Waals surface area contributed by atoms with Gasteiger partial charge in [-0.15, -0.1) is 0 Å². The zero-order valence-corrected chi connectivity index (χ0v) is 28.6. The van der Waals surface area contributed by atoms with Gasteiger partial charge in [-0.25, -0.2) is 9.18 Å². The van der Waals surface area contributed by atoms with E-state index in [1.807, 2.05) is 84.9 Å². The first-order valence-corrected chi connectivity index (χ1v) is 16.3. The number of anilines is 1. The number of amides is 1. The van der Waals surface area contributed by atoms with Gasteiger partial charge in [0.2, 0.25) is 5.91 Å². The van der Waals surface area contributed by atoms with Crippen molar-refractivity contribution in [2.75, 3.05) is 19.0 Å². The number of carbonyl (C=O) groups is 2. The van der Waals surface area contributed by atoms with Gasteiger partial charge < -0.3 is 24.3 Å². The molecule has 1 aliphatic rings. The van der Waals surface area contributed by atoms with Crippen molar-refractivity contribution in [3.63, 3.8) is 0 Å². The summed E-state index contributed by atoms with van der Waals surface area (Å²) in [6.45, 7) is 6.26. The van der Waals surface area contributed by atoms with E-state index in [0.717, 1.165) is 21.3 Å². The maximum absolute atomic E-state index is 16.8. The van der Waals surface area contributed by atoms with Crippen LogP contribution in [0, 0.1) is 11.8 Å². The van der Waals surface area contributed by atoms with Gasteiger partial charge >= 0.3 is 11.7 Å². The maximum Gasteiger partial charge on any atom is 0.351 e. The molecule has 0 saturated carbocycles. The molecule has 10 nitrogen and oxygen atoms in total. The smallest absolute Gasteiger partial charge is 0.351 e. The summed E-state index contributed by atoms with van der Waals surface area (Å²) in [4.78, 5) is 42.1. The predicted molar refractivity (Wildman–Crippen MR) is 182 cm³/mol. The van der Waals surface area contributed by atoms with Crippen molar-refractivity contribution < 1.29 is 32.9 Å². The third-order valence-electron chi connectivity index (χ3n) is 8.24. The summed E-state index contributed by atoms with van der Waals surface area (Å²) in [6.07, 6.45) is -3.53. The lowest BCUT2D eigenvalue weighted by Crippen LogP contribution is -2.45. The number of rotatable bonds is 12. The fourth-order valence-corrected chi connectivity index (χ4v) is 5.91. The Morgan fingerprint density at radius 3 is 2.02 bits per heavy atom. The van der Waals surface area contributed by atoms with Crippen LogP contribution >= 0.6 is 11.6 Å². The molecule has 5 rings (SSSR count). The van der Waals surface area contributed by atoms with E-state index in [4.69, 9.17) is 30.5 Å². The molecule has 49 heavy (non-hydrogen) atoms. The Bertz CT molecular complexity index is 1760. The topological polar surface area (TPSA) is 118 Å². The number of halogens is 2. The lowest BCUT2D eigenvalue weighted by Gasteiger charge is -2.37. The number of benzene rings is 3. The number of aromatic nitrogens is 2. The average Bonchev–Trinajstić information content (AvgIpc) is 3.34. The molecule has 3 aromatic carbocycles. The number of hydrogen-bond acceptors (Lipinski definition) is 8. The van der Waals surface area contributed by atoms with E-state index in [-0.39, 0.29) is 24.2 Å². The van der Waals surface area contributed by atoms with Crippen LogP contribution in [-0.2, 0) is 29.4 Å². The van der Waals surface area contributed by atoms with Crippen molar-refractivity contribution in [1.29, 1.82) is 0 Å². The molecule has 0 radical (unpaired) electrons. The van der Waals surface area contributed by atoms with Gasteiger partial charge in [0.25, 0.3) is 5.13 Å². The molecular weight excluding hydrogens is 653 g/mol. The molecule has 1 aromatic heterocycles. The van der Waals surface area contributed by atoms with Crippen molar-refractivity contribution >= 4 is 29.3 Å². The number of methoxy groups -OCH3 is 1. The van der Waals surface area contributed by atoms with Crippen LogP contribution in [-0.4, -0.2) is 52.5 Å². The van der Waals surface area contributed by atoms with Crippen LogP contribution in [0.1, 0.15) is 50.6 Å². The number of nitrogens with one attached hydrogen (secondary N) is 1. The largest absolute Gasteiger partial charge is 0.497 e. The first-order chi connectivity index (χ1) is 23.4. The Balaban J connectivity index is 1.57. The minimum absolute atomic E-state index is 0.0188. The molecule has 0 unspecified atom stereocenters. The Morgan fingerprint density at radius 1 is 0.939 bits per heavy atom. The second-order valence-electron chi connectivity index (χ2n) is 12.3. The quantitative estimate of drug-likeness (QED) is 0.106. The Kier molecular flexibility index (Phi) is 10.9. The molecule has 2 heterocycles. The van der Waals surface area contributed by atoms with E-state index < -0.39 is 46.7 Å². The summed E-state index contributed by atoms with van der Waals surface area (Å²) in [5.41, 5.74) is 0.0450. The molecule has 0 bridgehead atoms. The minimum Gasteiger partial charge on any atom is -0.497 e. The van der Waals surface area contributed by atoms with E-state index in [1.54, 1.807) is 34.8 Å². The van der Waals surface area contributed by atoms with Crippen molar-refractivity contribution in [2.45, 2.75) is 56.9 Å². The van der Waals surface area contributed by atoms with Crippen LogP contribution in [0.5, 0.6) is 5.75 Å². The van der Waals surface area contributed by atoms with Crippen molar-refractivity contribution in [2.24, 2.45) is 11.8 Å². The SMILES string of the molecule is COc1ccc(C(OC[C@H]2O[C@@H](n3ccc(NC(=O)C(C)C)nc3=O)[C@@](F)(Cl)[C@@H]2OC(=O)C(C)C)(c2ccccc2)c2ccccc2)cc1. The predicted octanol–water partition coefficient (Wildman–Crippen LogP) is 6.22. The first-order valence-electron chi connectivity index (χ1n) is 15.9. The lowest BCUT2D eigenvalue weighted by atomic mass is 9.80. The second kappa shape index (κ2) is 14.9. The zero-order valence-electron chi connectivity index (χ0n) is 27.8. The van der Waals surface area contributed by atoms with E-state index in [2.05, 4.69) is 10.3 Å². The number of hydrogen-bond donors (Lipinski definition) is 1. The fraction of sp³-hybridized carbons (Fsp3) is 0.351. The molecule has 1 aliphatic heterocycles. The number of carbonyl (C=O) groups excluding carboxylic acids is 2. The normalized spacial score (nSPS) is 20.7. The Labute approximate surface area is 289 Å². The Hall–Kier alpha value is -4.58. The number of alkyl halides is 2. The Morgan fingerprint density at radius 2 is 1.51 bits per heavy atom. The van der Waals surface area contributed by atoms with Crippen molar-refractivity contribution in [3.8, 4) is 5.75 Å². The highest BCUT2D eigenvalue weighted by Gasteiger charge is 2.61. The summed E-state index contributed by atoms with van der Waals surface area (Å²) < 4.78 is 41.7. The first kappa shape index (κ1) is 35.7. The summed E-state index contributed by atoms with van der Waals surface area (Å²) in [5.74, 6) is -1.43. The van der Waals surface area contributed by atoms with Crippen LogP contribution in [0.2, 0.25) is 0 Å². The van der Waals surface area contributed by atoms with E-state index >= 15 is 4.39 Å². The van der Waals surface area contributed by atoms with Gasteiger partial charge in [-0.05, 0) is 34.9 Å². The fourth-order valence-electron chi connectivity index (χ4n) is 5.57. The lowest BCUT2D eigenvalue weighted by molar-refractivity contribution is -0.162. The third kappa shape index (κ3) is 7.39. The van der Waals surface area contributed by atoms with Crippen molar-refractivity contribution in [1.82, 2.24) is 9.55 Å². The average molecular weight is 692 g/mol. The van der Waals surface area contributed by atoms with Gasteiger partial charge in [-0.3, -0.25) is 14.2 Å². The summed E-state index contributed by atoms with van der Waals surface area (Å²) >= 11 is 6.55. The van der Waals surface area contributed by atoms with E-state index in [1.165, 1.54) is 12.3 Å². The molecule has 0 spiro atoms. The number of nitrogens with zero attached hydrogens (tertiary/aromatic N) is 2. The standard InChI is InChI=1S/C37H39ClFN3O7/c1-23(2)32(43)40-30-20-21-42(35(45)41-30)34-37(38,39)31(49-33(44)24(3)4)29(48-34)22-47-36(25-12-8-6-9-13-25,26-14-10-7-11-15-26)27-16-18-28(46-5)19-17-27/h6-21,23-24,29,31,34H,22H2,1-5H3,(H,40,41,43,45)/t29-,31-,34-,37-/m1/s1. The molecular formula is C37H39ClFN3O7. The zero-order chi connectivity index (χ0) is 35.3. The highest BCUT2D eigenvalue weighted by Crippen LogP contribution is 2.48. The van der Waals surface area contributed by atoms with Crippen LogP contribution in [0.3, 0.4) is 0 Å². The van der Waals surface area contributed by atoms with Gasteiger partial charge in [-0.1, -0.05) is 112 Å². The third-order valence-corrected chi connectivity index (χ3v) is 8.65. The van der Waals surface area contributed by atoms with Gasteiger partial charge in [0.15, 0.2) is 12.3 Å². The molecule has 1 amide bonds. The minimum atomic E-state index is -2.92. The highest BCUT2D eigenvalue weighted by molar-refractivity contribution is 6.23. The van der Waals surface area contributed by atoms with Gasteiger partial charge in [0, 0.05) is 12.1 Å². The summed E-state index contributed by atoms with van der Waals surface area (Å²) in [6, 6.07) is 27.7. The number of esters is 1. The number of ether oxygens (including phenoxy) is 4. The molecule has 1 fully saturated rings. The molecule has 4 aromatic rings. The van der Waals surface area contributed by atoms with Gasteiger partial charge in [-0.2, -0.15) is 4.98 Å². The molecule has 258 valence electrons. The van der Waals surface area contributed by atoms with Crippen LogP contribution in [0.25, 0.3) is 0 Å². The van der Waals surface area contributed by atoms with Crippen LogP contribution in [0.15, 0.2) is 102 Å². The molecule has 12 heteroatoms. The van der Waals surface area contributed by atoms with Crippen LogP contribution in [0.4, 0.5) is 10.2 Å². The molecule has 1 N–H and O–H groups in total. The van der Waals surface area contributed by atoms with Gasteiger partial charge in [0.1, 0.15) is 23.3 Å². The maximum atomic E-state index is 16.8. The van der Waals surface area contributed by atoms with Crippen molar-refractivity contribution in [3.05, 3.63) is 124 Å². The highest BCUT2D eigenvalue weighted by atomic mass is 35.5. The molecule has 4 atom stereocenters. The van der Waals surface area contributed by atoms with Crippen LogP contribution < -0.4 is 15.7 Å². The van der Waals surface area contributed by atoms with E-state index in [9.17, 15) is 14.4 Å².